The molecular weight excluding hydrogens is 230 g/mol. The van der Waals surface area contributed by atoms with Crippen molar-refractivity contribution < 1.29 is 4.79 Å². The highest BCUT2D eigenvalue weighted by molar-refractivity contribution is 5.73. The Morgan fingerprint density at radius 1 is 1.44 bits per heavy atom. The van der Waals surface area contributed by atoms with Crippen LogP contribution < -0.4 is 21.5 Å². The Labute approximate surface area is 107 Å². The summed E-state index contributed by atoms with van der Waals surface area (Å²) in [6.45, 7) is 3.35. The topological polar surface area (TPSA) is 83.3 Å². The van der Waals surface area contributed by atoms with E-state index in [0.717, 1.165) is 31.7 Å². The standard InChI is InChI=1S/C12H19N5O/c1-9(18)14-10-5-7-17(8-6-10)12-4-2-3-11(15-12)16-13/h2-4,10H,5-8,13H2,1H3,(H,14,18)(H,15,16). The second-order valence-corrected chi connectivity index (χ2v) is 4.49. The third-order valence-corrected chi connectivity index (χ3v) is 3.11. The first-order chi connectivity index (χ1) is 8.69. The zero-order valence-corrected chi connectivity index (χ0v) is 10.5. The molecule has 0 unspecified atom stereocenters. The minimum atomic E-state index is 0.0425. The lowest BCUT2D eigenvalue weighted by atomic mass is 10.1. The van der Waals surface area contributed by atoms with Gasteiger partial charge in [-0.1, -0.05) is 6.07 Å². The predicted octanol–water partition coefficient (Wildman–Crippen LogP) is 0.472. The number of nitrogens with zero attached hydrogens (tertiary/aromatic N) is 2. The third kappa shape index (κ3) is 3.10. The Morgan fingerprint density at radius 3 is 2.78 bits per heavy atom. The van der Waals surface area contributed by atoms with Crippen LogP contribution in [0.2, 0.25) is 0 Å². The lowest BCUT2D eigenvalue weighted by Crippen LogP contribution is -2.44. The van der Waals surface area contributed by atoms with Gasteiger partial charge in [-0.15, -0.1) is 0 Å². The first kappa shape index (κ1) is 12.6. The van der Waals surface area contributed by atoms with Crippen LogP contribution in [0, 0.1) is 0 Å². The third-order valence-electron chi connectivity index (χ3n) is 3.11. The van der Waals surface area contributed by atoms with E-state index in [1.165, 1.54) is 0 Å². The number of aromatic nitrogens is 1. The largest absolute Gasteiger partial charge is 0.356 e. The predicted molar refractivity (Wildman–Crippen MR) is 71.1 cm³/mol. The van der Waals surface area contributed by atoms with Gasteiger partial charge in [0.25, 0.3) is 0 Å². The molecule has 1 amide bonds. The van der Waals surface area contributed by atoms with Crippen molar-refractivity contribution in [2.24, 2.45) is 5.84 Å². The molecular formula is C12H19N5O. The van der Waals surface area contributed by atoms with Crippen LogP contribution in [0.3, 0.4) is 0 Å². The Bertz CT molecular complexity index is 415. The molecule has 0 saturated carbocycles. The molecule has 1 aromatic heterocycles. The van der Waals surface area contributed by atoms with E-state index in [9.17, 15) is 4.79 Å². The number of carbonyl (C=O) groups excluding carboxylic acids is 1. The van der Waals surface area contributed by atoms with Crippen molar-refractivity contribution in [3.63, 3.8) is 0 Å². The van der Waals surface area contributed by atoms with Gasteiger partial charge in [0, 0.05) is 26.1 Å². The summed E-state index contributed by atoms with van der Waals surface area (Å²) in [6.07, 6.45) is 1.89. The Morgan fingerprint density at radius 2 is 2.17 bits per heavy atom. The maximum atomic E-state index is 11.0. The highest BCUT2D eigenvalue weighted by Crippen LogP contribution is 2.19. The fourth-order valence-corrected chi connectivity index (χ4v) is 2.22. The summed E-state index contributed by atoms with van der Waals surface area (Å²) in [6, 6.07) is 6.01. The molecule has 2 rings (SSSR count). The molecule has 0 atom stereocenters. The molecule has 1 aliphatic rings. The summed E-state index contributed by atoms with van der Waals surface area (Å²) in [7, 11) is 0. The number of hydrogen-bond acceptors (Lipinski definition) is 5. The molecule has 0 aliphatic carbocycles. The molecule has 0 radical (unpaired) electrons. The van der Waals surface area contributed by atoms with Crippen molar-refractivity contribution in [2.45, 2.75) is 25.8 Å². The van der Waals surface area contributed by atoms with E-state index in [0.29, 0.717) is 5.82 Å². The molecule has 1 aliphatic heterocycles. The van der Waals surface area contributed by atoms with Gasteiger partial charge in [-0.2, -0.15) is 0 Å². The van der Waals surface area contributed by atoms with Gasteiger partial charge < -0.3 is 15.6 Å². The number of nitrogens with two attached hydrogens (primary N) is 1. The van der Waals surface area contributed by atoms with Gasteiger partial charge in [-0.05, 0) is 25.0 Å². The van der Waals surface area contributed by atoms with E-state index in [4.69, 9.17) is 5.84 Å². The van der Waals surface area contributed by atoms with Gasteiger partial charge in [0.2, 0.25) is 5.91 Å². The number of carbonyl (C=O) groups is 1. The summed E-state index contributed by atoms with van der Waals surface area (Å²) in [5.74, 6) is 6.98. The molecule has 0 aromatic carbocycles. The van der Waals surface area contributed by atoms with Crippen molar-refractivity contribution in [2.75, 3.05) is 23.4 Å². The summed E-state index contributed by atoms with van der Waals surface area (Å²) in [4.78, 5) is 17.6. The van der Waals surface area contributed by atoms with Gasteiger partial charge >= 0.3 is 0 Å². The Balaban J connectivity index is 1.94. The average Bonchev–Trinajstić information content (AvgIpc) is 2.39. The molecule has 1 saturated heterocycles. The number of rotatable bonds is 3. The van der Waals surface area contributed by atoms with Crippen molar-refractivity contribution in [1.82, 2.24) is 10.3 Å². The lowest BCUT2D eigenvalue weighted by molar-refractivity contribution is -0.119. The van der Waals surface area contributed by atoms with E-state index < -0.39 is 0 Å². The minimum absolute atomic E-state index is 0.0425. The normalized spacial score (nSPS) is 16.4. The van der Waals surface area contributed by atoms with E-state index in [1.54, 1.807) is 6.92 Å². The number of anilines is 2. The molecule has 2 heterocycles. The number of nitrogen functional groups attached to an aromatic ring is 1. The second-order valence-electron chi connectivity index (χ2n) is 4.49. The molecule has 0 spiro atoms. The van der Waals surface area contributed by atoms with Crippen LogP contribution in [0.25, 0.3) is 0 Å². The summed E-state index contributed by atoms with van der Waals surface area (Å²) >= 11 is 0. The molecule has 18 heavy (non-hydrogen) atoms. The summed E-state index contributed by atoms with van der Waals surface area (Å²) < 4.78 is 0. The highest BCUT2D eigenvalue weighted by Gasteiger charge is 2.20. The molecule has 98 valence electrons. The van der Waals surface area contributed by atoms with Crippen molar-refractivity contribution in [3.8, 4) is 0 Å². The van der Waals surface area contributed by atoms with Gasteiger partial charge in [-0.25, -0.2) is 10.8 Å². The molecule has 4 N–H and O–H groups in total. The Kier molecular flexibility index (Phi) is 3.99. The first-order valence-corrected chi connectivity index (χ1v) is 6.15. The van der Waals surface area contributed by atoms with E-state index >= 15 is 0 Å². The Hall–Kier alpha value is -1.82. The molecule has 1 fully saturated rings. The van der Waals surface area contributed by atoms with E-state index in [2.05, 4.69) is 20.6 Å². The van der Waals surface area contributed by atoms with Crippen LogP contribution in [-0.4, -0.2) is 30.0 Å². The second kappa shape index (κ2) is 5.68. The number of amides is 1. The van der Waals surface area contributed by atoms with Gasteiger partial charge in [-0.3, -0.25) is 4.79 Å². The maximum absolute atomic E-state index is 11.0. The number of hydrazine groups is 1. The average molecular weight is 249 g/mol. The van der Waals surface area contributed by atoms with Gasteiger partial charge in [0.15, 0.2) is 0 Å². The molecule has 1 aromatic rings. The van der Waals surface area contributed by atoms with Crippen LogP contribution in [0.1, 0.15) is 19.8 Å². The zero-order valence-electron chi connectivity index (χ0n) is 10.5. The van der Waals surface area contributed by atoms with Crippen LogP contribution in [0.15, 0.2) is 18.2 Å². The van der Waals surface area contributed by atoms with Crippen LogP contribution >= 0.6 is 0 Å². The number of pyridine rings is 1. The minimum Gasteiger partial charge on any atom is -0.356 e. The number of hydrogen-bond donors (Lipinski definition) is 3. The number of piperidine rings is 1. The van der Waals surface area contributed by atoms with E-state index in [1.807, 2.05) is 18.2 Å². The number of nitrogens with one attached hydrogen (secondary N) is 2. The molecule has 6 heteroatoms. The monoisotopic (exact) mass is 249 g/mol. The van der Waals surface area contributed by atoms with Crippen molar-refractivity contribution in [3.05, 3.63) is 18.2 Å². The smallest absolute Gasteiger partial charge is 0.217 e. The lowest BCUT2D eigenvalue weighted by Gasteiger charge is -2.33. The fraction of sp³-hybridized carbons (Fsp3) is 0.500. The summed E-state index contributed by atoms with van der Waals surface area (Å²) in [5.41, 5.74) is 2.55. The van der Waals surface area contributed by atoms with Crippen LogP contribution in [0.5, 0.6) is 0 Å². The fourth-order valence-electron chi connectivity index (χ4n) is 2.22. The SMILES string of the molecule is CC(=O)NC1CCN(c2cccc(NN)n2)CC1. The molecule has 0 bridgehead atoms. The maximum Gasteiger partial charge on any atom is 0.217 e. The summed E-state index contributed by atoms with van der Waals surface area (Å²) in [5, 5.41) is 2.96. The van der Waals surface area contributed by atoms with Gasteiger partial charge in [0.1, 0.15) is 11.6 Å². The first-order valence-electron chi connectivity index (χ1n) is 6.15. The van der Waals surface area contributed by atoms with Crippen molar-refractivity contribution >= 4 is 17.5 Å². The van der Waals surface area contributed by atoms with Gasteiger partial charge in [0.05, 0.1) is 0 Å². The highest BCUT2D eigenvalue weighted by atomic mass is 16.1. The van der Waals surface area contributed by atoms with Crippen LogP contribution in [-0.2, 0) is 4.79 Å². The zero-order chi connectivity index (χ0) is 13.0. The molecule has 6 nitrogen and oxygen atoms in total. The van der Waals surface area contributed by atoms with E-state index in [-0.39, 0.29) is 11.9 Å². The quantitative estimate of drug-likeness (QED) is 0.536. The van der Waals surface area contributed by atoms with Crippen molar-refractivity contribution in [1.29, 1.82) is 0 Å². The van der Waals surface area contributed by atoms with Crippen LogP contribution in [0.4, 0.5) is 11.6 Å².